The van der Waals surface area contributed by atoms with Crippen molar-refractivity contribution in [1.82, 2.24) is 10.2 Å². The molecule has 1 saturated carbocycles. The number of sulfone groups is 1. The predicted octanol–water partition coefficient (Wildman–Crippen LogP) is 6.05. The van der Waals surface area contributed by atoms with E-state index in [-0.39, 0.29) is 40.6 Å². The standard InChI is InChI=1S/C29H35F3N2O3S2/c1-19(2)33-24-7-12-27(22(16-24)18-39(36,37)26-10-8-25(38-3)9-11-26)34-14-13-21(17-28(34)35)20-5-4-6-23(15-20)29(30,31)32/h4-6,8-11,15,17,19,22,24,27,33H,7,12-14,16,18H2,1-3H3/t22-,24+,27+/m1/s1. The SMILES string of the molecule is CSc1ccc(S(=O)(=O)C[C@H]2C[C@@H](NC(C)C)CC[C@@H]2N2CCC(c3cccc(C(F)(F)F)c3)=CC2=O)cc1. The minimum atomic E-state index is -4.46. The van der Waals surface area contributed by atoms with E-state index in [9.17, 15) is 26.4 Å². The molecule has 0 radical (unpaired) electrons. The number of hydrogen-bond acceptors (Lipinski definition) is 5. The zero-order valence-corrected chi connectivity index (χ0v) is 24.0. The molecule has 212 valence electrons. The van der Waals surface area contributed by atoms with Gasteiger partial charge < -0.3 is 10.2 Å². The van der Waals surface area contributed by atoms with Crippen LogP contribution in [0, 0.1) is 5.92 Å². The highest BCUT2D eigenvalue weighted by molar-refractivity contribution is 7.98. The van der Waals surface area contributed by atoms with E-state index in [0.717, 1.165) is 23.4 Å². The van der Waals surface area contributed by atoms with Crippen LogP contribution in [0.5, 0.6) is 0 Å². The quantitative estimate of drug-likeness (QED) is 0.385. The van der Waals surface area contributed by atoms with E-state index >= 15 is 0 Å². The molecule has 2 aliphatic rings. The van der Waals surface area contributed by atoms with Crippen molar-refractivity contribution in [3.8, 4) is 0 Å². The number of amides is 1. The molecule has 2 aromatic carbocycles. The Balaban J connectivity index is 1.57. The highest BCUT2D eigenvalue weighted by atomic mass is 32.2. The summed E-state index contributed by atoms with van der Waals surface area (Å²) in [6.45, 7) is 4.45. The lowest BCUT2D eigenvalue weighted by Crippen LogP contribution is -2.53. The van der Waals surface area contributed by atoms with Gasteiger partial charge in [-0.05, 0) is 85.4 Å². The molecule has 39 heavy (non-hydrogen) atoms. The minimum Gasteiger partial charge on any atom is -0.336 e. The second-order valence-corrected chi connectivity index (χ2v) is 13.6. The molecular formula is C29H35F3N2O3S2. The van der Waals surface area contributed by atoms with Crippen LogP contribution in [0.4, 0.5) is 13.2 Å². The van der Waals surface area contributed by atoms with Gasteiger partial charge in [0.25, 0.3) is 0 Å². The van der Waals surface area contributed by atoms with Gasteiger partial charge >= 0.3 is 6.18 Å². The van der Waals surface area contributed by atoms with Crippen molar-refractivity contribution in [2.24, 2.45) is 5.92 Å². The summed E-state index contributed by atoms with van der Waals surface area (Å²) >= 11 is 1.54. The molecule has 4 rings (SSSR count). The zero-order valence-electron chi connectivity index (χ0n) is 22.4. The third-order valence-electron chi connectivity index (χ3n) is 7.53. The van der Waals surface area contributed by atoms with E-state index < -0.39 is 21.6 Å². The Kier molecular flexibility index (Phi) is 9.18. The zero-order chi connectivity index (χ0) is 28.4. The van der Waals surface area contributed by atoms with Gasteiger partial charge in [0.15, 0.2) is 9.84 Å². The first-order valence-corrected chi connectivity index (χ1v) is 16.1. The van der Waals surface area contributed by atoms with Crippen molar-refractivity contribution in [2.45, 2.75) is 73.6 Å². The lowest BCUT2D eigenvalue weighted by atomic mass is 9.80. The number of nitrogens with zero attached hydrogens (tertiary/aromatic N) is 1. The van der Waals surface area contributed by atoms with Crippen molar-refractivity contribution in [1.29, 1.82) is 0 Å². The van der Waals surface area contributed by atoms with Crippen molar-refractivity contribution in [3.63, 3.8) is 0 Å². The van der Waals surface area contributed by atoms with E-state index in [2.05, 4.69) is 19.2 Å². The topological polar surface area (TPSA) is 66.5 Å². The fourth-order valence-corrected chi connectivity index (χ4v) is 7.80. The predicted molar refractivity (Wildman–Crippen MR) is 149 cm³/mol. The van der Waals surface area contributed by atoms with Gasteiger partial charge in [0, 0.05) is 35.6 Å². The van der Waals surface area contributed by atoms with Crippen molar-refractivity contribution in [3.05, 3.63) is 65.7 Å². The molecular weight excluding hydrogens is 545 g/mol. The Labute approximate surface area is 233 Å². The van der Waals surface area contributed by atoms with Crippen LogP contribution in [0.2, 0.25) is 0 Å². The number of hydrogen-bond donors (Lipinski definition) is 1. The Morgan fingerprint density at radius 2 is 1.82 bits per heavy atom. The molecule has 1 fully saturated rings. The molecule has 1 amide bonds. The number of nitrogens with one attached hydrogen (secondary N) is 1. The van der Waals surface area contributed by atoms with Crippen LogP contribution in [-0.4, -0.2) is 55.9 Å². The Hall–Kier alpha value is -2.30. The van der Waals surface area contributed by atoms with Crippen LogP contribution in [0.15, 0.2) is 64.4 Å². The molecule has 0 aromatic heterocycles. The average Bonchev–Trinajstić information content (AvgIpc) is 2.88. The summed E-state index contributed by atoms with van der Waals surface area (Å²) in [5.74, 6) is -0.617. The lowest BCUT2D eigenvalue weighted by Gasteiger charge is -2.44. The molecule has 3 atom stereocenters. The summed E-state index contributed by atoms with van der Waals surface area (Å²) in [5.41, 5.74) is 0.202. The van der Waals surface area contributed by atoms with Gasteiger partial charge in [-0.1, -0.05) is 26.0 Å². The number of halogens is 3. The summed E-state index contributed by atoms with van der Waals surface area (Å²) < 4.78 is 66.6. The monoisotopic (exact) mass is 580 g/mol. The number of alkyl halides is 3. The van der Waals surface area contributed by atoms with Gasteiger partial charge in [-0.2, -0.15) is 13.2 Å². The lowest BCUT2D eigenvalue weighted by molar-refractivity contribution is -0.137. The molecule has 0 unspecified atom stereocenters. The highest BCUT2D eigenvalue weighted by Gasteiger charge is 2.40. The van der Waals surface area contributed by atoms with E-state index in [1.807, 2.05) is 6.26 Å². The first-order valence-electron chi connectivity index (χ1n) is 13.2. The maximum atomic E-state index is 13.5. The summed E-state index contributed by atoms with van der Waals surface area (Å²) in [4.78, 5) is 16.3. The molecule has 0 bridgehead atoms. The second-order valence-electron chi connectivity index (χ2n) is 10.6. The van der Waals surface area contributed by atoms with E-state index in [1.165, 1.54) is 12.1 Å². The first-order chi connectivity index (χ1) is 18.4. The molecule has 0 spiro atoms. The van der Waals surface area contributed by atoms with Gasteiger partial charge in [0.05, 0.1) is 16.2 Å². The number of benzene rings is 2. The van der Waals surface area contributed by atoms with E-state index in [4.69, 9.17) is 0 Å². The van der Waals surface area contributed by atoms with Crippen LogP contribution < -0.4 is 5.32 Å². The van der Waals surface area contributed by atoms with Gasteiger partial charge in [-0.25, -0.2) is 8.42 Å². The Bertz CT molecular complexity index is 1310. The largest absolute Gasteiger partial charge is 0.416 e. The van der Waals surface area contributed by atoms with Crippen LogP contribution in [0.25, 0.3) is 5.57 Å². The molecule has 10 heteroatoms. The van der Waals surface area contributed by atoms with Crippen molar-refractivity contribution in [2.75, 3.05) is 18.6 Å². The minimum absolute atomic E-state index is 0.0689. The fraction of sp³-hybridized carbons (Fsp3) is 0.483. The molecule has 2 aromatic rings. The second kappa shape index (κ2) is 12.1. The number of carbonyl (C=O) groups is 1. The Morgan fingerprint density at radius 1 is 1.10 bits per heavy atom. The maximum absolute atomic E-state index is 13.5. The first kappa shape index (κ1) is 29.7. The van der Waals surface area contributed by atoms with E-state index in [1.54, 1.807) is 47.0 Å². The molecule has 1 aliphatic carbocycles. The third kappa shape index (κ3) is 7.27. The normalized spacial score (nSPS) is 22.7. The molecule has 1 aliphatic heterocycles. The third-order valence-corrected chi connectivity index (χ3v) is 10.1. The Morgan fingerprint density at radius 3 is 2.44 bits per heavy atom. The molecule has 1 heterocycles. The summed E-state index contributed by atoms with van der Waals surface area (Å²) in [6, 6.07) is 12.0. The number of carbonyl (C=O) groups excluding carboxylic acids is 1. The number of thioether (sulfide) groups is 1. The summed E-state index contributed by atoms with van der Waals surface area (Å²) in [7, 11) is -3.60. The molecule has 5 nitrogen and oxygen atoms in total. The van der Waals surface area contributed by atoms with Gasteiger partial charge in [0.1, 0.15) is 0 Å². The van der Waals surface area contributed by atoms with Crippen LogP contribution >= 0.6 is 11.8 Å². The van der Waals surface area contributed by atoms with Gasteiger partial charge in [0.2, 0.25) is 5.91 Å². The smallest absolute Gasteiger partial charge is 0.336 e. The van der Waals surface area contributed by atoms with Crippen LogP contribution in [0.3, 0.4) is 0 Å². The van der Waals surface area contributed by atoms with E-state index in [0.29, 0.717) is 36.9 Å². The number of rotatable bonds is 8. The summed E-state index contributed by atoms with van der Waals surface area (Å²) in [6.07, 6.45) is 1.40. The maximum Gasteiger partial charge on any atom is 0.416 e. The fourth-order valence-electron chi connectivity index (χ4n) is 5.73. The average molecular weight is 581 g/mol. The van der Waals surface area contributed by atoms with Crippen LogP contribution in [-0.2, 0) is 20.8 Å². The van der Waals surface area contributed by atoms with Gasteiger partial charge in [-0.3, -0.25) is 4.79 Å². The van der Waals surface area contributed by atoms with Gasteiger partial charge in [-0.15, -0.1) is 11.8 Å². The molecule has 0 saturated heterocycles. The molecule has 1 N–H and O–H groups in total. The van der Waals surface area contributed by atoms with Crippen LogP contribution in [0.1, 0.15) is 50.7 Å². The van der Waals surface area contributed by atoms with Crippen molar-refractivity contribution >= 4 is 33.1 Å². The summed E-state index contributed by atoms with van der Waals surface area (Å²) in [5, 5.41) is 3.53. The highest BCUT2D eigenvalue weighted by Crippen LogP contribution is 2.36. The van der Waals surface area contributed by atoms with Crippen molar-refractivity contribution < 1.29 is 26.4 Å².